The number of unbranched alkanes of at least 4 members (excludes halogenated alkanes) is 2. The summed E-state index contributed by atoms with van der Waals surface area (Å²) in [6, 6.07) is 5.04. The highest BCUT2D eigenvalue weighted by Gasteiger charge is 2.60. The van der Waals surface area contributed by atoms with Gasteiger partial charge in [-0.05, 0) is 64.8 Å². The fraction of sp³-hybridized carbons (Fsp3) is 0.658. The van der Waals surface area contributed by atoms with Crippen LogP contribution in [0.25, 0.3) is 28.6 Å². The second-order valence-corrected chi connectivity index (χ2v) is 16.5. The summed E-state index contributed by atoms with van der Waals surface area (Å²) >= 11 is 0. The van der Waals surface area contributed by atoms with E-state index in [9.17, 15) is 0 Å². The van der Waals surface area contributed by atoms with Crippen LogP contribution in [0.1, 0.15) is 151 Å². The van der Waals surface area contributed by atoms with Gasteiger partial charge in [-0.25, -0.2) is 4.98 Å². The number of benzene rings is 1. The van der Waals surface area contributed by atoms with Crippen LogP contribution >= 0.6 is 0 Å². The van der Waals surface area contributed by atoms with Gasteiger partial charge in [-0.15, -0.1) is 0 Å². The SMILES string of the molecule is CCCCCC1(C)C(C)(C)c2cc3c(cc2C1(C)C)[n+]1c2n3C=CC(CC)(CC)c3nc(C(C)(C)C)nc(c3-2)OC1(C)C. The molecule has 1 atom stereocenters. The summed E-state index contributed by atoms with van der Waals surface area (Å²) in [5.74, 6) is 2.71. The monoisotopic (exact) mass is 583 g/mol. The Morgan fingerprint density at radius 1 is 0.860 bits per heavy atom. The Bertz CT molecular complexity index is 1660. The van der Waals surface area contributed by atoms with Gasteiger partial charge in [0.1, 0.15) is 11.4 Å². The molecule has 0 saturated heterocycles. The van der Waals surface area contributed by atoms with Crippen molar-refractivity contribution in [2.45, 2.75) is 156 Å². The summed E-state index contributed by atoms with van der Waals surface area (Å²) in [6.07, 6.45) is 11.7. The highest BCUT2D eigenvalue weighted by Crippen LogP contribution is 2.64. The lowest BCUT2D eigenvalue weighted by atomic mass is 9.56. The maximum Gasteiger partial charge on any atom is 0.305 e. The first kappa shape index (κ1) is 30.3. The molecule has 43 heavy (non-hydrogen) atoms. The third-order valence-electron chi connectivity index (χ3n) is 12.4. The minimum atomic E-state index is -0.622. The lowest BCUT2D eigenvalue weighted by molar-refractivity contribution is -0.765. The van der Waals surface area contributed by atoms with E-state index in [0.29, 0.717) is 0 Å². The van der Waals surface area contributed by atoms with Crippen molar-refractivity contribution in [1.82, 2.24) is 14.5 Å². The molecule has 5 nitrogen and oxygen atoms in total. The van der Waals surface area contributed by atoms with Crippen LogP contribution in [0, 0.1) is 5.41 Å². The quantitative estimate of drug-likeness (QED) is 0.214. The predicted molar refractivity (Wildman–Crippen MR) is 178 cm³/mol. The molecule has 4 heterocycles. The number of ether oxygens (including phenoxy) is 1. The van der Waals surface area contributed by atoms with Crippen LogP contribution in [-0.4, -0.2) is 14.5 Å². The van der Waals surface area contributed by atoms with E-state index in [-0.39, 0.29) is 27.1 Å². The average Bonchev–Trinajstić information content (AvgIpc) is 3.23. The van der Waals surface area contributed by atoms with Crippen molar-refractivity contribution in [3.05, 3.63) is 40.9 Å². The summed E-state index contributed by atoms with van der Waals surface area (Å²) in [4.78, 5) is 10.5. The Morgan fingerprint density at radius 3 is 2.07 bits per heavy atom. The number of aromatic nitrogens is 4. The van der Waals surface area contributed by atoms with Gasteiger partial charge in [0.2, 0.25) is 11.6 Å². The van der Waals surface area contributed by atoms with E-state index in [2.05, 4.69) is 124 Å². The van der Waals surface area contributed by atoms with Crippen molar-refractivity contribution in [3.8, 4) is 17.3 Å². The van der Waals surface area contributed by atoms with Crippen LogP contribution in [0.4, 0.5) is 0 Å². The van der Waals surface area contributed by atoms with Crippen molar-refractivity contribution in [3.63, 3.8) is 0 Å². The Kier molecular flexibility index (Phi) is 6.47. The molecule has 1 unspecified atom stereocenters. The molecule has 6 rings (SSSR count). The fourth-order valence-corrected chi connectivity index (χ4v) is 8.79. The molecule has 0 N–H and O–H groups in total. The Hall–Kier alpha value is -2.69. The van der Waals surface area contributed by atoms with Gasteiger partial charge >= 0.3 is 5.82 Å². The smallest absolute Gasteiger partial charge is 0.305 e. The number of imidazole rings is 1. The van der Waals surface area contributed by atoms with Gasteiger partial charge in [0.05, 0.1) is 11.9 Å². The standard InChI is InChI=1S/C38H55N4O/c1-14-17-18-19-37(13)34(7,8)24-22-26-27(23-25(24)35(37,9)10)42-31-28-29(38(15-2,16-3)20-21-41(26)31)39-32(33(4,5)6)40-30(28)43-36(42,11)12/h20-23H,14-19H2,1-13H3/q+1. The van der Waals surface area contributed by atoms with Crippen LogP contribution in [0.3, 0.4) is 0 Å². The molecule has 0 fully saturated rings. The van der Waals surface area contributed by atoms with Gasteiger partial charge < -0.3 is 4.74 Å². The van der Waals surface area contributed by atoms with Crippen LogP contribution in [0.2, 0.25) is 0 Å². The van der Waals surface area contributed by atoms with Crippen molar-refractivity contribution in [1.29, 1.82) is 0 Å². The minimum absolute atomic E-state index is 0.0310. The first-order valence-electron chi connectivity index (χ1n) is 16.9. The predicted octanol–water partition coefficient (Wildman–Crippen LogP) is 9.47. The molecule has 0 radical (unpaired) electrons. The zero-order valence-electron chi connectivity index (χ0n) is 29.2. The van der Waals surface area contributed by atoms with Gasteiger partial charge in [-0.3, -0.25) is 0 Å². The molecule has 5 heteroatoms. The van der Waals surface area contributed by atoms with Gasteiger partial charge in [-0.1, -0.05) is 95.4 Å². The summed E-state index contributed by atoms with van der Waals surface area (Å²) in [6.45, 7) is 30.4. The van der Waals surface area contributed by atoms with Crippen molar-refractivity contribution >= 4 is 17.2 Å². The Morgan fingerprint density at radius 2 is 1.49 bits per heavy atom. The number of nitrogens with zero attached hydrogens (tertiary/aromatic N) is 4. The highest BCUT2D eigenvalue weighted by molar-refractivity contribution is 5.85. The third-order valence-corrected chi connectivity index (χ3v) is 12.4. The molecule has 232 valence electrons. The lowest BCUT2D eigenvalue weighted by Crippen LogP contribution is -2.59. The summed E-state index contributed by atoms with van der Waals surface area (Å²) in [5.41, 5.74) is 6.80. The number of hydrogen-bond donors (Lipinski definition) is 0. The minimum Gasteiger partial charge on any atom is -0.432 e. The number of rotatable bonds is 6. The van der Waals surface area contributed by atoms with Crippen LogP contribution in [0.5, 0.6) is 5.88 Å². The second kappa shape index (κ2) is 9.17. The Balaban J connectivity index is 1.71. The second-order valence-electron chi connectivity index (χ2n) is 16.5. The molecule has 2 aromatic heterocycles. The van der Waals surface area contributed by atoms with Crippen molar-refractivity contribution in [2.24, 2.45) is 5.41 Å². The normalized spacial score (nSPS) is 23.6. The Labute approximate surface area is 260 Å². The first-order chi connectivity index (χ1) is 19.9. The zero-order valence-corrected chi connectivity index (χ0v) is 29.2. The molecule has 0 bridgehead atoms. The zero-order chi connectivity index (χ0) is 31.5. The van der Waals surface area contributed by atoms with Crippen molar-refractivity contribution in [2.75, 3.05) is 0 Å². The fourth-order valence-electron chi connectivity index (χ4n) is 8.79. The average molecular weight is 584 g/mol. The topological polar surface area (TPSA) is 43.8 Å². The summed E-state index contributed by atoms with van der Waals surface area (Å²) in [7, 11) is 0. The molecule has 3 aliphatic rings. The van der Waals surface area contributed by atoms with Crippen LogP contribution in [0.15, 0.2) is 18.2 Å². The van der Waals surface area contributed by atoms with E-state index in [4.69, 9.17) is 14.7 Å². The molecular weight excluding hydrogens is 528 g/mol. The van der Waals surface area contributed by atoms with E-state index in [1.807, 2.05) is 0 Å². The maximum absolute atomic E-state index is 6.95. The molecule has 0 spiro atoms. The van der Waals surface area contributed by atoms with E-state index < -0.39 is 5.72 Å². The van der Waals surface area contributed by atoms with Gasteiger partial charge in [0.15, 0.2) is 11.0 Å². The van der Waals surface area contributed by atoms with Crippen molar-refractivity contribution < 1.29 is 9.30 Å². The van der Waals surface area contributed by atoms with E-state index in [1.54, 1.807) is 0 Å². The lowest BCUT2D eigenvalue weighted by Gasteiger charge is -2.48. The third kappa shape index (κ3) is 3.78. The molecule has 1 aromatic carbocycles. The van der Waals surface area contributed by atoms with E-state index in [1.165, 1.54) is 47.8 Å². The van der Waals surface area contributed by atoms with E-state index in [0.717, 1.165) is 41.6 Å². The van der Waals surface area contributed by atoms with Gasteiger partial charge in [0.25, 0.3) is 0 Å². The van der Waals surface area contributed by atoms with Crippen LogP contribution in [-0.2, 0) is 27.4 Å². The van der Waals surface area contributed by atoms with Crippen LogP contribution < -0.4 is 9.30 Å². The molecule has 3 aromatic rings. The number of hydrogen-bond acceptors (Lipinski definition) is 3. The summed E-state index contributed by atoms with van der Waals surface area (Å²) < 4.78 is 11.8. The molecule has 1 aliphatic carbocycles. The number of fused-ring (bicyclic) bond motifs is 4. The molecule has 0 saturated carbocycles. The molecule has 0 amide bonds. The first-order valence-corrected chi connectivity index (χ1v) is 16.9. The molecular formula is C38H55N4O+. The molecule has 2 aliphatic heterocycles. The summed E-state index contributed by atoms with van der Waals surface area (Å²) in [5, 5.41) is 0. The highest BCUT2D eigenvalue weighted by atomic mass is 16.5. The van der Waals surface area contributed by atoms with Gasteiger partial charge in [0, 0.05) is 24.7 Å². The largest absolute Gasteiger partial charge is 0.432 e. The number of allylic oxidation sites excluding steroid dienone is 1. The maximum atomic E-state index is 6.95. The van der Waals surface area contributed by atoms with E-state index >= 15 is 0 Å². The van der Waals surface area contributed by atoms with Gasteiger partial charge in [-0.2, -0.15) is 14.1 Å².